The number of benzene rings is 1. The van der Waals surface area contributed by atoms with Crippen molar-refractivity contribution in [3.05, 3.63) is 59.4 Å². The van der Waals surface area contributed by atoms with E-state index in [1.807, 2.05) is 24.3 Å². The molecule has 0 amide bonds. The summed E-state index contributed by atoms with van der Waals surface area (Å²) in [6.07, 6.45) is -4.75. The van der Waals surface area contributed by atoms with E-state index >= 15 is 0 Å². The Labute approximate surface area is 222 Å². The molecule has 3 heterocycles. The van der Waals surface area contributed by atoms with Crippen LogP contribution < -0.4 is 0 Å². The average Bonchev–Trinajstić information content (AvgIpc) is 3.28. The normalized spacial score (nSPS) is 15.5. The van der Waals surface area contributed by atoms with E-state index in [4.69, 9.17) is 24.8 Å². The van der Waals surface area contributed by atoms with Gasteiger partial charge < -0.3 is 20.2 Å². The molecule has 214 valence electrons. The summed E-state index contributed by atoms with van der Waals surface area (Å²) in [6, 6.07) is 14.1. The van der Waals surface area contributed by atoms with Gasteiger partial charge >= 0.3 is 24.3 Å². The number of aromatic nitrogens is 2. The molecule has 1 fully saturated rings. The van der Waals surface area contributed by atoms with Crippen LogP contribution in [0, 0.1) is 0 Å². The number of alkyl halides is 6. The second kappa shape index (κ2) is 13.7. The van der Waals surface area contributed by atoms with Gasteiger partial charge in [0.1, 0.15) is 5.60 Å². The first kappa shape index (κ1) is 31.9. The lowest BCUT2D eigenvalue weighted by Gasteiger charge is -2.37. The SMILES string of the molecule is O=C(O)C(F)(F)F.O=C(O)C(F)(F)F.OC1(c2ccccn2)CCN(CCCc2nc3ccccc3s2)CC1. The minimum Gasteiger partial charge on any atom is -0.475 e. The van der Waals surface area contributed by atoms with Gasteiger partial charge in [0, 0.05) is 25.7 Å². The van der Waals surface area contributed by atoms with Gasteiger partial charge in [0.2, 0.25) is 0 Å². The van der Waals surface area contributed by atoms with Crippen LogP contribution in [0.3, 0.4) is 0 Å². The highest BCUT2D eigenvalue weighted by Gasteiger charge is 2.39. The molecule has 8 nitrogen and oxygen atoms in total. The molecule has 0 saturated carbocycles. The maximum Gasteiger partial charge on any atom is 0.490 e. The first-order chi connectivity index (χ1) is 18.1. The minimum atomic E-state index is -5.08. The highest BCUT2D eigenvalue weighted by Crippen LogP contribution is 2.31. The molecule has 15 heteroatoms. The summed E-state index contributed by atoms with van der Waals surface area (Å²) in [4.78, 5) is 29.3. The fourth-order valence-electron chi connectivity index (χ4n) is 3.52. The number of aliphatic carboxylic acids is 2. The van der Waals surface area contributed by atoms with Gasteiger partial charge in [-0.15, -0.1) is 11.3 Å². The summed E-state index contributed by atoms with van der Waals surface area (Å²) < 4.78 is 64.7. The summed E-state index contributed by atoms with van der Waals surface area (Å²) in [6.45, 7) is 2.91. The van der Waals surface area contributed by atoms with Crippen LogP contribution in [0.2, 0.25) is 0 Å². The van der Waals surface area contributed by atoms with Gasteiger partial charge in [-0.2, -0.15) is 26.3 Å². The molecule has 1 aliphatic rings. The Morgan fingerprint density at radius 2 is 1.46 bits per heavy atom. The van der Waals surface area contributed by atoms with Crippen molar-refractivity contribution in [2.45, 2.75) is 43.6 Å². The second-order valence-corrected chi connectivity index (χ2v) is 9.49. The highest BCUT2D eigenvalue weighted by molar-refractivity contribution is 7.18. The zero-order chi connectivity index (χ0) is 29.3. The number of halogens is 6. The Bertz CT molecular complexity index is 1160. The Morgan fingerprint density at radius 3 is 1.95 bits per heavy atom. The first-order valence-electron chi connectivity index (χ1n) is 11.4. The van der Waals surface area contributed by atoms with Gasteiger partial charge in [0.25, 0.3) is 0 Å². The van der Waals surface area contributed by atoms with E-state index in [9.17, 15) is 31.4 Å². The molecule has 1 aliphatic heterocycles. The third-order valence-corrected chi connectivity index (χ3v) is 6.61. The van der Waals surface area contributed by atoms with Crippen molar-refractivity contribution in [3.8, 4) is 0 Å². The lowest BCUT2D eigenvalue weighted by molar-refractivity contribution is -0.193. The number of piperidine rings is 1. The molecule has 0 bridgehead atoms. The maximum absolute atomic E-state index is 10.8. The molecule has 2 aromatic heterocycles. The molecule has 1 saturated heterocycles. The lowest BCUT2D eigenvalue weighted by Crippen LogP contribution is -2.43. The van der Waals surface area contributed by atoms with Gasteiger partial charge in [0.15, 0.2) is 0 Å². The van der Waals surface area contributed by atoms with E-state index in [0.29, 0.717) is 0 Å². The summed E-state index contributed by atoms with van der Waals surface area (Å²) in [5.41, 5.74) is 1.16. The molecular formula is C24H25F6N3O5S. The van der Waals surface area contributed by atoms with Gasteiger partial charge in [-0.3, -0.25) is 4.98 Å². The predicted octanol–water partition coefficient (Wildman–Crippen LogP) is 4.87. The number of fused-ring (bicyclic) bond motifs is 1. The van der Waals surface area contributed by atoms with Crippen LogP contribution in [0.15, 0.2) is 48.7 Å². The summed E-state index contributed by atoms with van der Waals surface area (Å²) >= 11 is 1.80. The molecule has 3 N–H and O–H groups in total. The molecule has 39 heavy (non-hydrogen) atoms. The Balaban J connectivity index is 0.000000317. The molecular weight excluding hydrogens is 556 g/mol. The summed E-state index contributed by atoms with van der Waals surface area (Å²) in [7, 11) is 0. The number of nitrogens with zero attached hydrogens (tertiary/aromatic N) is 3. The number of hydrogen-bond acceptors (Lipinski definition) is 7. The Morgan fingerprint density at radius 1 is 0.923 bits per heavy atom. The van der Waals surface area contributed by atoms with Crippen LogP contribution in [0.4, 0.5) is 26.3 Å². The van der Waals surface area contributed by atoms with Crippen LogP contribution in [0.25, 0.3) is 10.2 Å². The number of thiazole rings is 1. The van der Waals surface area contributed by atoms with Crippen LogP contribution >= 0.6 is 11.3 Å². The number of pyridine rings is 1. The Kier molecular flexibility index (Phi) is 11.2. The van der Waals surface area contributed by atoms with E-state index in [1.54, 1.807) is 17.5 Å². The van der Waals surface area contributed by atoms with Crippen LogP contribution in [0.5, 0.6) is 0 Å². The van der Waals surface area contributed by atoms with Gasteiger partial charge in [0.05, 0.1) is 20.9 Å². The molecule has 0 radical (unpaired) electrons. The van der Waals surface area contributed by atoms with Crippen molar-refractivity contribution in [1.29, 1.82) is 0 Å². The monoisotopic (exact) mass is 581 g/mol. The molecule has 0 unspecified atom stereocenters. The zero-order valence-electron chi connectivity index (χ0n) is 20.2. The number of carbonyl (C=O) groups is 2. The number of carboxylic acid groups (broad SMARTS) is 2. The van der Waals surface area contributed by atoms with Crippen molar-refractivity contribution in [2.24, 2.45) is 0 Å². The molecule has 4 rings (SSSR count). The predicted molar refractivity (Wildman–Crippen MR) is 129 cm³/mol. The summed E-state index contributed by atoms with van der Waals surface area (Å²) in [5.74, 6) is -5.51. The van der Waals surface area contributed by atoms with E-state index in [-0.39, 0.29) is 0 Å². The van der Waals surface area contributed by atoms with Crippen molar-refractivity contribution in [2.75, 3.05) is 19.6 Å². The maximum atomic E-state index is 10.8. The van der Waals surface area contributed by atoms with Crippen LogP contribution in [-0.2, 0) is 21.6 Å². The summed E-state index contributed by atoms with van der Waals surface area (Å²) in [5, 5.41) is 26.3. The van der Waals surface area contributed by atoms with Crippen LogP contribution in [0.1, 0.15) is 30.0 Å². The van der Waals surface area contributed by atoms with Crippen molar-refractivity contribution in [1.82, 2.24) is 14.9 Å². The van der Waals surface area contributed by atoms with E-state index in [0.717, 1.165) is 56.5 Å². The second-order valence-electron chi connectivity index (χ2n) is 8.37. The van der Waals surface area contributed by atoms with Gasteiger partial charge in [-0.1, -0.05) is 18.2 Å². The topological polar surface area (TPSA) is 124 Å². The number of rotatable bonds is 5. The standard InChI is InChI=1S/C20H23N3OS.2C2HF3O2/c24-20(18-8-3-4-12-21-18)10-14-23(15-11-20)13-5-9-19-22-16-6-1-2-7-17(16)25-19;2*3-2(4,5)1(6)7/h1-4,6-8,12,24H,5,9-11,13-15H2;2*(H,6,7). The number of aryl methyl sites for hydroxylation is 1. The van der Waals surface area contributed by atoms with Crippen molar-refractivity contribution >= 4 is 33.5 Å². The largest absolute Gasteiger partial charge is 0.490 e. The minimum absolute atomic E-state index is 0.755. The fraction of sp³-hybridized carbons (Fsp3) is 0.417. The van der Waals surface area contributed by atoms with Crippen molar-refractivity contribution < 1.29 is 51.3 Å². The average molecular weight is 582 g/mol. The molecule has 0 atom stereocenters. The third kappa shape index (κ3) is 10.4. The first-order valence-corrected chi connectivity index (χ1v) is 12.2. The number of carboxylic acids is 2. The van der Waals surface area contributed by atoms with E-state index in [2.05, 4.69) is 28.1 Å². The fourth-order valence-corrected chi connectivity index (χ4v) is 4.53. The smallest absolute Gasteiger partial charge is 0.475 e. The molecule has 3 aromatic rings. The zero-order valence-corrected chi connectivity index (χ0v) is 21.1. The molecule has 0 spiro atoms. The van der Waals surface area contributed by atoms with E-state index in [1.165, 1.54) is 9.71 Å². The number of likely N-dealkylation sites (tertiary alicyclic amines) is 1. The highest BCUT2D eigenvalue weighted by atomic mass is 32.1. The van der Waals surface area contributed by atoms with E-state index < -0.39 is 29.9 Å². The molecule has 0 aliphatic carbocycles. The lowest BCUT2D eigenvalue weighted by atomic mass is 9.87. The third-order valence-electron chi connectivity index (χ3n) is 5.51. The molecule has 1 aromatic carbocycles. The number of para-hydroxylation sites is 1. The van der Waals surface area contributed by atoms with Gasteiger partial charge in [-0.25, -0.2) is 14.6 Å². The Hall–Kier alpha value is -3.30. The van der Waals surface area contributed by atoms with Crippen LogP contribution in [-0.4, -0.2) is 74.1 Å². The quantitative estimate of drug-likeness (QED) is 0.365. The number of hydrogen-bond donors (Lipinski definition) is 3. The number of aliphatic hydroxyl groups is 1. The van der Waals surface area contributed by atoms with Crippen molar-refractivity contribution in [3.63, 3.8) is 0 Å². The van der Waals surface area contributed by atoms with Gasteiger partial charge in [-0.05, 0) is 50.1 Å².